The molecule has 16 heavy (non-hydrogen) atoms. The van der Waals surface area contributed by atoms with Crippen molar-refractivity contribution in [3.05, 3.63) is 24.2 Å². The van der Waals surface area contributed by atoms with E-state index < -0.39 is 0 Å². The first-order valence-electron chi connectivity index (χ1n) is 5.81. The Bertz CT molecular complexity index is 335. The molecule has 4 nitrogen and oxygen atoms in total. The molecule has 1 amide bonds. The molecule has 0 aromatic carbocycles. The Hall–Kier alpha value is -1.29. The van der Waals surface area contributed by atoms with Gasteiger partial charge in [0, 0.05) is 13.0 Å². The number of carbonyl (C=O) groups is 1. The monoisotopic (exact) mass is 222 g/mol. The summed E-state index contributed by atoms with van der Waals surface area (Å²) in [5.41, 5.74) is 0. The summed E-state index contributed by atoms with van der Waals surface area (Å²) in [6, 6.07) is 3.76. The maximum Gasteiger partial charge on any atom is 0.237 e. The van der Waals surface area contributed by atoms with Crippen LogP contribution < -0.4 is 10.6 Å². The summed E-state index contributed by atoms with van der Waals surface area (Å²) in [6.45, 7) is 3.69. The van der Waals surface area contributed by atoms with Crippen molar-refractivity contribution in [1.29, 1.82) is 0 Å². The van der Waals surface area contributed by atoms with Gasteiger partial charge in [-0.3, -0.25) is 4.79 Å². The molecule has 88 valence electrons. The van der Waals surface area contributed by atoms with Gasteiger partial charge in [0.15, 0.2) is 0 Å². The molecular formula is C12H18N2O2. The summed E-state index contributed by atoms with van der Waals surface area (Å²) in [5.74, 6) is 1.45. The molecule has 2 rings (SSSR count). The molecule has 1 saturated heterocycles. The van der Waals surface area contributed by atoms with E-state index in [1.165, 1.54) is 0 Å². The van der Waals surface area contributed by atoms with Crippen LogP contribution in [0.2, 0.25) is 0 Å². The van der Waals surface area contributed by atoms with Crippen molar-refractivity contribution in [3.63, 3.8) is 0 Å². The molecule has 4 heteroatoms. The Morgan fingerprint density at radius 2 is 2.56 bits per heavy atom. The third-order valence-corrected chi connectivity index (χ3v) is 3.07. The van der Waals surface area contributed by atoms with E-state index in [2.05, 4.69) is 17.6 Å². The second-order valence-corrected chi connectivity index (χ2v) is 4.32. The van der Waals surface area contributed by atoms with Crippen LogP contribution in [0.25, 0.3) is 0 Å². The standard InChI is InChI=1S/C12H18N2O2/c1-9-4-6-13-11(9)12(15)14-7-5-10-3-2-8-16-10/h2-3,8-9,11,13H,4-7H2,1H3,(H,14,15). The largest absolute Gasteiger partial charge is 0.469 e. The number of carbonyl (C=O) groups excluding carboxylic acids is 1. The molecule has 0 aliphatic carbocycles. The molecule has 1 aromatic rings. The molecule has 0 spiro atoms. The first-order chi connectivity index (χ1) is 7.77. The minimum absolute atomic E-state index is 0.0170. The highest BCUT2D eigenvalue weighted by Gasteiger charge is 2.28. The fraction of sp³-hybridized carbons (Fsp3) is 0.583. The zero-order chi connectivity index (χ0) is 11.4. The molecule has 0 radical (unpaired) electrons. The number of amides is 1. The van der Waals surface area contributed by atoms with Crippen LogP contribution in [-0.2, 0) is 11.2 Å². The summed E-state index contributed by atoms with van der Waals surface area (Å²) in [5, 5.41) is 6.15. The topological polar surface area (TPSA) is 54.3 Å². The Balaban J connectivity index is 1.71. The Morgan fingerprint density at radius 3 is 3.19 bits per heavy atom. The average molecular weight is 222 g/mol. The maximum absolute atomic E-state index is 11.8. The van der Waals surface area contributed by atoms with Crippen LogP contribution in [0.1, 0.15) is 19.1 Å². The van der Waals surface area contributed by atoms with Crippen molar-refractivity contribution in [1.82, 2.24) is 10.6 Å². The van der Waals surface area contributed by atoms with Crippen LogP contribution in [0.4, 0.5) is 0 Å². The fourth-order valence-corrected chi connectivity index (χ4v) is 2.06. The summed E-state index contributed by atoms with van der Waals surface area (Å²) < 4.78 is 5.19. The van der Waals surface area contributed by atoms with Crippen molar-refractivity contribution in [3.8, 4) is 0 Å². The first-order valence-corrected chi connectivity index (χ1v) is 5.81. The molecule has 1 aliphatic rings. The van der Waals surface area contributed by atoms with E-state index in [-0.39, 0.29) is 11.9 Å². The lowest BCUT2D eigenvalue weighted by Crippen LogP contribution is -2.43. The predicted octanol–water partition coefficient (Wildman–Crippen LogP) is 0.936. The lowest BCUT2D eigenvalue weighted by Gasteiger charge is -2.14. The minimum atomic E-state index is -0.0170. The number of rotatable bonds is 4. The molecule has 1 aromatic heterocycles. The molecule has 2 heterocycles. The summed E-state index contributed by atoms with van der Waals surface area (Å²) >= 11 is 0. The zero-order valence-corrected chi connectivity index (χ0v) is 9.53. The van der Waals surface area contributed by atoms with Crippen molar-refractivity contribution in [2.45, 2.75) is 25.8 Å². The van der Waals surface area contributed by atoms with E-state index in [1.807, 2.05) is 12.1 Å². The van der Waals surface area contributed by atoms with E-state index in [4.69, 9.17) is 4.42 Å². The third-order valence-electron chi connectivity index (χ3n) is 3.07. The fourth-order valence-electron chi connectivity index (χ4n) is 2.06. The molecule has 0 bridgehead atoms. The van der Waals surface area contributed by atoms with Gasteiger partial charge in [-0.25, -0.2) is 0 Å². The number of nitrogens with one attached hydrogen (secondary N) is 2. The van der Waals surface area contributed by atoms with Gasteiger partial charge in [0.25, 0.3) is 0 Å². The highest BCUT2D eigenvalue weighted by molar-refractivity contribution is 5.82. The summed E-state index contributed by atoms with van der Waals surface area (Å²) in [7, 11) is 0. The van der Waals surface area contributed by atoms with Gasteiger partial charge in [0.1, 0.15) is 5.76 Å². The first kappa shape index (κ1) is 11.2. The van der Waals surface area contributed by atoms with Gasteiger partial charge in [-0.2, -0.15) is 0 Å². The number of hydrogen-bond acceptors (Lipinski definition) is 3. The molecular weight excluding hydrogens is 204 g/mol. The summed E-state index contributed by atoms with van der Waals surface area (Å²) in [4.78, 5) is 11.8. The lowest BCUT2D eigenvalue weighted by molar-refractivity contribution is -0.123. The highest BCUT2D eigenvalue weighted by Crippen LogP contribution is 2.14. The normalized spacial score (nSPS) is 24.6. The van der Waals surface area contributed by atoms with Crippen LogP contribution in [0, 0.1) is 5.92 Å². The minimum Gasteiger partial charge on any atom is -0.469 e. The molecule has 2 N–H and O–H groups in total. The molecule has 2 unspecified atom stereocenters. The molecule has 0 saturated carbocycles. The lowest BCUT2D eigenvalue weighted by atomic mass is 10.0. The quantitative estimate of drug-likeness (QED) is 0.797. The molecule has 1 aliphatic heterocycles. The second-order valence-electron chi connectivity index (χ2n) is 4.32. The van der Waals surface area contributed by atoms with Gasteiger partial charge in [0.05, 0.1) is 12.3 Å². The van der Waals surface area contributed by atoms with Crippen LogP contribution in [0.3, 0.4) is 0 Å². The van der Waals surface area contributed by atoms with Gasteiger partial charge < -0.3 is 15.1 Å². The van der Waals surface area contributed by atoms with Crippen LogP contribution in [0.5, 0.6) is 0 Å². The third kappa shape index (κ3) is 2.64. The van der Waals surface area contributed by atoms with Gasteiger partial charge in [-0.15, -0.1) is 0 Å². The Kier molecular flexibility index (Phi) is 3.62. The van der Waals surface area contributed by atoms with Crippen molar-refractivity contribution in [2.75, 3.05) is 13.1 Å². The Morgan fingerprint density at radius 1 is 1.69 bits per heavy atom. The van der Waals surface area contributed by atoms with Gasteiger partial charge in [-0.1, -0.05) is 6.92 Å². The molecule has 1 fully saturated rings. The van der Waals surface area contributed by atoms with Crippen LogP contribution >= 0.6 is 0 Å². The van der Waals surface area contributed by atoms with Gasteiger partial charge >= 0.3 is 0 Å². The van der Waals surface area contributed by atoms with E-state index >= 15 is 0 Å². The van der Waals surface area contributed by atoms with Crippen molar-refractivity contribution >= 4 is 5.91 Å². The zero-order valence-electron chi connectivity index (χ0n) is 9.53. The average Bonchev–Trinajstić information content (AvgIpc) is 2.88. The second kappa shape index (κ2) is 5.16. The number of furan rings is 1. The van der Waals surface area contributed by atoms with Gasteiger partial charge in [-0.05, 0) is 31.0 Å². The van der Waals surface area contributed by atoms with Crippen LogP contribution in [0.15, 0.2) is 22.8 Å². The van der Waals surface area contributed by atoms with Crippen molar-refractivity contribution in [2.24, 2.45) is 5.92 Å². The highest BCUT2D eigenvalue weighted by atomic mass is 16.3. The van der Waals surface area contributed by atoms with E-state index in [1.54, 1.807) is 6.26 Å². The van der Waals surface area contributed by atoms with Crippen molar-refractivity contribution < 1.29 is 9.21 Å². The van der Waals surface area contributed by atoms with Crippen LogP contribution in [-0.4, -0.2) is 25.0 Å². The van der Waals surface area contributed by atoms with E-state index in [9.17, 15) is 4.79 Å². The molecule has 2 atom stereocenters. The number of hydrogen-bond donors (Lipinski definition) is 2. The summed E-state index contributed by atoms with van der Waals surface area (Å²) in [6.07, 6.45) is 3.48. The van der Waals surface area contributed by atoms with E-state index in [0.29, 0.717) is 12.5 Å². The SMILES string of the molecule is CC1CCNC1C(=O)NCCc1ccco1. The van der Waals surface area contributed by atoms with Gasteiger partial charge in [0.2, 0.25) is 5.91 Å². The smallest absolute Gasteiger partial charge is 0.237 e. The maximum atomic E-state index is 11.8. The van der Waals surface area contributed by atoms with E-state index in [0.717, 1.165) is 25.1 Å². The Labute approximate surface area is 95.4 Å². The predicted molar refractivity (Wildman–Crippen MR) is 61.0 cm³/mol.